The highest BCUT2D eigenvalue weighted by atomic mass is 15.3. The maximum absolute atomic E-state index is 4.50. The highest BCUT2D eigenvalue weighted by molar-refractivity contribution is 5.42. The molecule has 0 saturated heterocycles. The summed E-state index contributed by atoms with van der Waals surface area (Å²) in [5, 5.41) is 9.66. The van der Waals surface area contributed by atoms with Crippen molar-refractivity contribution >= 4 is 17.8 Å². The Morgan fingerprint density at radius 1 is 0.875 bits per heavy atom. The predicted molar refractivity (Wildman–Crippen MR) is 98.2 cm³/mol. The van der Waals surface area contributed by atoms with Gasteiger partial charge in [0.1, 0.15) is 0 Å². The number of benzene rings is 1. The fourth-order valence-electron chi connectivity index (χ4n) is 3.05. The van der Waals surface area contributed by atoms with Crippen LogP contribution in [0.15, 0.2) is 30.3 Å². The molecule has 1 aromatic carbocycles. The van der Waals surface area contributed by atoms with E-state index in [1.807, 2.05) is 25.2 Å². The highest BCUT2D eigenvalue weighted by Gasteiger charge is 2.14. The smallest absolute Gasteiger partial charge is 0.229 e. The quantitative estimate of drug-likeness (QED) is 0.723. The molecule has 1 aliphatic rings. The van der Waals surface area contributed by atoms with Crippen LogP contribution in [0.4, 0.5) is 17.8 Å². The van der Waals surface area contributed by atoms with Crippen molar-refractivity contribution in [2.45, 2.75) is 38.6 Å². The van der Waals surface area contributed by atoms with Crippen LogP contribution in [0.5, 0.6) is 0 Å². The summed E-state index contributed by atoms with van der Waals surface area (Å²) in [7, 11) is 1.82. The minimum absolute atomic E-state index is 0.576. The van der Waals surface area contributed by atoms with Crippen LogP contribution < -0.4 is 16.0 Å². The van der Waals surface area contributed by atoms with Gasteiger partial charge in [-0.05, 0) is 24.3 Å². The topological polar surface area (TPSA) is 74.8 Å². The van der Waals surface area contributed by atoms with Gasteiger partial charge in [-0.15, -0.1) is 0 Å². The van der Waals surface area contributed by atoms with Crippen molar-refractivity contribution in [3.63, 3.8) is 0 Å². The van der Waals surface area contributed by atoms with Gasteiger partial charge < -0.3 is 16.0 Å². The molecule has 0 unspecified atom stereocenters. The molecular formula is C18H26N6. The van der Waals surface area contributed by atoms with Crippen LogP contribution >= 0.6 is 0 Å². The zero-order valence-electron chi connectivity index (χ0n) is 14.3. The molecule has 0 spiro atoms. The van der Waals surface area contributed by atoms with E-state index in [0.717, 1.165) is 12.5 Å². The molecule has 1 saturated carbocycles. The van der Waals surface area contributed by atoms with Gasteiger partial charge in [0.05, 0.1) is 0 Å². The fraction of sp³-hybridized carbons (Fsp3) is 0.500. The van der Waals surface area contributed by atoms with E-state index in [9.17, 15) is 0 Å². The van der Waals surface area contributed by atoms with Gasteiger partial charge in [0.2, 0.25) is 17.8 Å². The van der Waals surface area contributed by atoms with Gasteiger partial charge in [-0.2, -0.15) is 15.0 Å². The lowest BCUT2D eigenvalue weighted by Gasteiger charge is -2.21. The summed E-state index contributed by atoms with van der Waals surface area (Å²) < 4.78 is 0. The SMILES string of the molecule is CNc1nc(NCc2ccccc2)nc(NCC2CCCCC2)n1. The zero-order valence-corrected chi connectivity index (χ0v) is 14.3. The van der Waals surface area contributed by atoms with E-state index < -0.39 is 0 Å². The number of nitrogens with zero attached hydrogens (tertiary/aromatic N) is 3. The monoisotopic (exact) mass is 326 g/mol. The standard InChI is InChI=1S/C18H26N6/c1-19-16-22-17(20-12-14-8-4-2-5-9-14)24-18(23-16)21-13-15-10-6-3-7-11-15/h2,4-5,8-9,15H,3,6-7,10-13H2,1H3,(H3,19,20,21,22,23,24). The number of hydrogen-bond donors (Lipinski definition) is 3. The van der Waals surface area contributed by atoms with Crippen molar-refractivity contribution in [3.8, 4) is 0 Å². The van der Waals surface area contributed by atoms with Crippen molar-refractivity contribution in [3.05, 3.63) is 35.9 Å². The van der Waals surface area contributed by atoms with Crippen LogP contribution in [-0.4, -0.2) is 28.5 Å². The van der Waals surface area contributed by atoms with E-state index in [2.05, 4.69) is 43.0 Å². The molecule has 1 aliphatic carbocycles. The van der Waals surface area contributed by atoms with E-state index in [4.69, 9.17) is 0 Å². The molecule has 3 rings (SSSR count). The predicted octanol–water partition coefficient (Wildman–Crippen LogP) is 3.52. The molecular weight excluding hydrogens is 300 g/mol. The van der Waals surface area contributed by atoms with Gasteiger partial charge in [-0.1, -0.05) is 49.6 Å². The van der Waals surface area contributed by atoms with Crippen LogP contribution in [0.1, 0.15) is 37.7 Å². The highest BCUT2D eigenvalue weighted by Crippen LogP contribution is 2.23. The Labute approximate surface area is 143 Å². The second-order valence-electron chi connectivity index (χ2n) is 6.28. The van der Waals surface area contributed by atoms with E-state index in [1.54, 1.807) is 0 Å². The Hall–Kier alpha value is -2.37. The van der Waals surface area contributed by atoms with E-state index >= 15 is 0 Å². The lowest BCUT2D eigenvalue weighted by atomic mass is 9.89. The van der Waals surface area contributed by atoms with Crippen LogP contribution in [0, 0.1) is 5.92 Å². The minimum atomic E-state index is 0.576. The fourth-order valence-corrected chi connectivity index (χ4v) is 3.05. The average Bonchev–Trinajstić information content (AvgIpc) is 2.66. The third-order valence-electron chi connectivity index (χ3n) is 4.43. The van der Waals surface area contributed by atoms with E-state index in [1.165, 1.54) is 37.7 Å². The van der Waals surface area contributed by atoms with Crippen molar-refractivity contribution in [1.29, 1.82) is 0 Å². The summed E-state index contributed by atoms with van der Waals surface area (Å²) in [4.78, 5) is 13.3. The summed E-state index contributed by atoms with van der Waals surface area (Å²) >= 11 is 0. The van der Waals surface area contributed by atoms with Crippen LogP contribution in [0.25, 0.3) is 0 Å². The molecule has 0 atom stereocenters. The second kappa shape index (κ2) is 8.47. The molecule has 6 nitrogen and oxygen atoms in total. The first kappa shape index (κ1) is 16.5. The van der Waals surface area contributed by atoms with Crippen molar-refractivity contribution in [2.24, 2.45) is 5.92 Å². The van der Waals surface area contributed by atoms with Gasteiger partial charge >= 0.3 is 0 Å². The van der Waals surface area contributed by atoms with E-state index in [0.29, 0.717) is 24.4 Å². The third kappa shape index (κ3) is 4.81. The number of rotatable bonds is 7. The molecule has 0 aliphatic heterocycles. The van der Waals surface area contributed by atoms with Crippen molar-refractivity contribution in [1.82, 2.24) is 15.0 Å². The first-order valence-corrected chi connectivity index (χ1v) is 8.79. The number of aromatic nitrogens is 3. The summed E-state index contributed by atoms with van der Waals surface area (Å²) in [6.45, 7) is 1.63. The first-order valence-electron chi connectivity index (χ1n) is 8.79. The van der Waals surface area contributed by atoms with Gasteiger partial charge in [0.25, 0.3) is 0 Å². The molecule has 0 amide bonds. The number of hydrogen-bond acceptors (Lipinski definition) is 6. The lowest BCUT2D eigenvalue weighted by Crippen LogP contribution is -2.19. The maximum Gasteiger partial charge on any atom is 0.229 e. The van der Waals surface area contributed by atoms with Gasteiger partial charge in [0, 0.05) is 20.1 Å². The summed E-state index contributed by atoms with van der Waals surface area (Å²) in [6.07, 6.45) is 6.66. The molecule has 24 heavy (non-hydrogen) atoms. The Morgan fingerprint density at radius 2 is 1.54 bits per heavy atom. The average molecular weight is 326 g/mol. The largest absolute Gasteiger partial charge is 0.357 e. The van der Waals surface area contributed by atoms with Gasteiger partial charge in [-0.25, -0.2) is 0 Å². The summed E-state index contributed by atoms with van der Waals surface area (Å²) in [6, 6.07) is 10.2. The van der Waals surface area contributed by atoms with Crippen LogP contribution in [0.2, 0.25) is 0 Å². The van der Waals surface area contributed by atoms with Crippen molar-refractivity contribution < 1.29 is 0 Å². The third-order valence-corrected chi connectivity index (χ3v) is 4.43. The molecule has 1 heterocycles. The minimum Gasteiger partial charge on any atom is -0.357 e. The summed E-state index contributed by atoms with van der Waals surface area (Å²) in [5.41, 5.74) is 1.20. The van der Waals surface area contributed by atoms with E-state index in [-0.39, 0.29) is 0 Å². The lowest BCUT2D eigenvalue weighted by molar-refractivity contribution is 0.373. The Kier molecular flexibility index (Phi) is 5.82. The first-order chi connectivity index (χ1) is 11.8. The van der Waals surface area contributed by atoms with Crippen LogP contribution in [-0.2, 0) is 6.54 Å². The molecule has 2 aromatic rings. The number of nitrogens with one attached hydrogen (secondary N) is 3. The molecule has 6 heteroatoms. The van der Waals surface area contributed by atoms with Crippen LogP contribution in [0.3, 0.4) is 0 Å². The molecule has 128 valence electrons. The Morgan fingerprint density at radius 3 is 2.25 bits per heavy atom. The van der Waals surface area contributed by atoms with Gasteiger partial charge in [0.15, 0.2) is 0 Å². The Balaban J connectivity index is 1.61. The Bertz CT molecular complexity index is 625. The molecule has 0 bridgehead atoms. The normalized spacial score (nSPS) is 15.0. The molecule has 1 fully saturated rings. The molecule has 1 aromatic heterocycles. The second-order valence-corrected chi connectivity index (χ2v) is 6.28. The zero-order chi connectivity index (χ0) is 16.6. The summed E-state index contributed by atoms with van der Waals surface area (Å²) in [5.74, 6) is 2.53. The van der Waals surface area contributed by atoms with Crippen molar-refractivity contribution in [2.75, 3.05) is 29.5 Å². The number of anilines is 3. The maximum atomic E-state index is 4.50. The van der Waals surface area contributed by atoms with Gasteiger partial charge in [-0.3, -0.25) is 0 Å². The molecule has 3 N–H and O–H groups in total. The molecule has 0 radical (unpaired) electrons.